The van der Waals surface area contributed by atoms with E-state index >= 15 is 0 Å². The second-order valence-corrected chi connectivity index (χ2v) is 10.3. The Hall–Kier alpha value is -3.96. The number of methoxy groups -OCH3 is 2. The van der Waals surface area contributed by atoms with Crippen LogP contribution < -0.4 is 29.1 Å². The molecule has 0 spiro atoms. The van der Waals surface area contributed by atoms with Gasteiger partial charge in [0, 0.05) is 17.0 Å². The summed E-state index contributed by atoms with van der Waals surface area (Å²) in [6, 6.07) is 9.45. The number of hydrogen-bond acceptors (Lipinski definition) is 9. The molecule has 9 nitrogen and oxygen atoms in total. The summed E-state index contributed by atoms with van der Waals surface area (Å²) in [6.45, 7) is 6.60. The summed E-state index contributed by atoms with van der Waals surface area (Å²) < 4.78 is 24.1. The average Bonchev–Trinajstić information content (AvgIpc) is 3.21. The molecule has 0 saturated heterocycles. The Morgan fingerprint density at radius 1 is 1.13 bits per heavy atom. The zero-order valence-corrected chi connectivity index (χ0v) is 24.1. The van der Waals surface area contributed by atoms with Crippen molar-refractivity contribution >= 4 is 45.3 Å². The summed E-state index contributed by atoms with van der Waals surface area (Å²) >= 11 is 4.58. The number of allylic oxidation sites excluding steroid dienone is 1. The number of carbonyl (C=O) groups excluding carboxylic acids is 2. The molecule has 2 heterocycles. The minimum absolute atomic E-state index is 0.000494. The molecule has 0 N–H and O–H groups in total. The SMILES string of the molecule is C=CCOC(=O)C1=C(C)N=c2sc(=Cc3cc(Br)ccc3OC(C)=O)c(=O)n2C1c1ccc(OC)c(OC)c1. The Morgan fingerprint density at radius 3 is 2.51 bits per heavy atom. The first-order chi connectivity index (χ1) is 18.7. The van der Waals surface area contributed by atoms with Crippen molar-refractivity contribution in [1.29, 1.82) is 0 Å². The Bertz CT molecular complexity index is 1690. The molecule has 2 aromatic carbocycles. The van der Waals surface area contributed by atoms with Crippen molar-refractivity contribution in [3.63, 3.8) is 0 Å². The molecule has 1 atom stereocenters. The molecule has 1 aliphatic rings. The highest BCUT2D eigenvalue weighted by Gasteiger charge is 2.34. The number of thiazole rings is 1. The van der Waals surface area contributed by atoms with Crippen molar-refractivity contribution in [2.24, 2.45) is 4.99 Å². The highest BCUT2D eigenvalue weighted by Crippen LogP contribution is 2.36. The third kappa shape index (κ3) is 5.74. The van der Waals surface area contributed by atoms with Gasteiger partial charge in [-0.15, -0.1) is 0 Å². The third-order valence-corrected chi connectivity index (χ3v) is 7.29. The van der Waals surface area contributed by atoms with E-state index in [1.807, 2.05) is 0 Å². The number of ether oxygens (including phenoxy) is 4. The van der Waals surface area contributed by atoms with Gasteiger partial charge < -0.3 is 18.9 Å². The monoisotopic (exact) mass is 612 g/mol. The van der Waals surface area contributed by atoms with Crippen molar-refractivity contribution < 1.29 is 28.5 Å². The second kappa shape index (κ2) is 11.8. The quantitative estimate of drug-likeness (QED) is 0.217. The first kappa shape index (κ1) is 28.1. The number of carbonyl (C=O) groups is 2. The standard InChI is InChI=1S/C28H25BrN2O7S/c1-6-11-37-27(34)24-15(2)30-28-31(25(24)17-7-9-21(35-4)22(13-17)36-5)26(33)23(39-28)14-18-12-19(29)8-10-20(18)38-16(3)32/h6-10,12-14,25H,1,11H2,2-5H3. The Morgan fingerprint density at radius 2 is 1.85 bits per heavy atom. The van der Waals surface area contributed by atoms with Crippen LogP contribution >= 0.6 is 27.3 Å². The molecule has 0 aliphatic carbocycles. The Balaban J connectivity index is 1.97. The van der Waals surface area contributed by atoms with Gasteiger partial charge in [-0.3, -0.25) is 14.2 Å². The van der Waals surface area contributed by atoms with Gasteiger partial charge in [-0.1, -0.05) is 46.0 Å². The minimum atomic E-state index is -0.851. The van der Waals surface area contributed by atoms with Crippen molar-refractivity contribution in [3.8, 4) is 17.2 Å². The summed E-state index contributed by atoms with van der Waals surface area (Å²) in [6.07, 6.45) is 3.10. The first-order valence-corrected chi connectivity index (χ1v) is 13.3. The van der Waals surface area contributed by atoms with Crippen LogP contribution in [0.15, 0.2) is 74.6 Å². The summed E-state index contributed by atoms with van der Waals surface area (Å²) in [4.78, 5) is 43.7. The molecule has 0 bridgehead atoms. The van der Waals surface area contributed by atoms with Gasteiger partial charge in [-0.2, -0.15) is 0 Å². The lowest BCUT2D eigenvalue weighted by atomic mass is 9.95. The molecular formula is C28H25BrN2O7S. The molecular weight excluding hydrogens is 588 g/mol. The van der Waals surface area contributed by atoms with E-state index in [2.05, 4.69) is 27.5 Å². The van der Waals surface area contributed by atoms with Crippen LogP contribution in [0, 0.1) is 0 Å². The highest BCUT2D eigenvalue weighted by molar-refractivity contribution is 9.10. The highest BCUT2D eigenvalue weighted by atomic mass is 79.9. The fraction of sp³-hybridized carbons (Fsp3) is 0.214. The molecule has 39 heavy (non-hydrogen) atoms. The van der Waals surface area contributed by atoms with E-state index in [1.54, 1.807) is 49.4 Å². The molecule has 1 unspecified atom stereocenters. The molecule has 0 fully saturated rings. The van der Waals surface area contributed by atoms with Crippen LogP contribution in [0.4, 0.5) is 0 Å². The molecule has 4 rings (SSSR count). The number of rotatable bonds is 8. The van der Waals surface area contributed by atoms with Gasteiger partial charge in [-0.25, -0.2) is 9.79 Å². The first-order valence-electron chi connectivity index (χ1n) is 11.7. The van der Waals surface area contributed by atoms with Crippen LogP contribution in [0.25, 0.3) is 6.08 Å². The molecule has 0 amide bonds. The van der Waals surface area contributed by atoms with Crippen LogP contribution in [-0.4, -0.2) is 37.3 Å². The van der Waals surface area contributed by atoms with Crippen molar-refractivity contribution in [3.05, 3.63) is 95.6 Å². The van der Waals surface area contributed by atoms with E-state index in [1.165, 1.54) is 31.8 Å². The van der Waals surface area contributed by atoms with E-state index in [4.69, 9.17) is 18.9 Å². The molecule has 1 aromatic heterocycles. The summed E-state index contributed by atoms with van der Waals surface area (Å²) in [7, 11) is 3.03. The second-order valence-electron chi connectivity index (χ2n) is 8.36. The lowest BCUT2D eigenvalue weighted by molar-refractivity contribution is -0.138. The van der Waals surface area contributed by atoms with Gasteiger partial charge in [0.25, 0.3) is 5.56 Å². The van der Waals surface area contributed by atoms with Crippen molar-refractivity contribution in [2.45, 2.75) is 19.9 Å². The predicted molar refractivity (Wildman–Crippen MR) is 150 cm³/mol. The molecule has 202 valence electrons. The number of hydrogen-bond donors (Lipinski definition) is 0. The summed E-state index contributed by atoms with van der Waals surface area (Å²) in [5.74, 6) is 0.135. The molecule has 0 radical (unpaired) electrons. The number of halogens is 1. The molecule has 3 aromatic rings. The normalized spacial score (nSPS) is 14.8. The van der Waals surface area contributed by atoms with Gasteiger partial charge in [0.2, 0.25) is 0 Å². The lowest BCUT2D eigenvalue weighted by Gasteiger charge is -2.25. The lowest BCUT2D eigenvalue weighted by Crippen LogP contribution is -2.40. The number of aromatic nitrogens is 1. The molecule has 0 saturated carbocycles. The predicted octanol–water partition coefficient (Wildman–Crippen LogP) is 3.67. The topological polar surface area (TPSA) is 105 Å². The minimum Gasteiger partial charge on any atom is -0.493 e. The van der Waals surface area contributed by atoms with Gasteiger partial charge in [0.05, 0.1) is 36.1 Å². The van der Waals surface area contributed by atoms with E-state index in [9.17, 15) is 14.4 Å². The summed E-state index contributed by atoms with van der Waals surface area (Å²) in [5, 5.41) is 0. The van der Waals surface area contributed by atoms with Gasteiger partial charge in [0.1, 0.15) is 12.4 Å². The number of nitrogens with zero attached hydrogens (tertiary/aromatic N) is 2. The van der Waals surface area contributed by atoms with Crippen LogP contribution in [0.1, 0.15) is 31.0 Å². The number of fused-ring (bicyclic) bond motifs is 1. The van der Waals surface area contributed by atoms with Crippen molar-refractivity contribution in [2.75, 3.05) is 20.8 Å². The maximum Gasteiger partial charge on any atom is 0.338 e. The van der Waals surface area contributed by atoms with Gasteiger partial charge >= 0.3 is 11.9 Å². The number of benzene rings is 2. The maximum absolute atomic E-state index is 13.9. The van der Waals surface area contributed by atoms with Crippen LogP contribution in [0.2, 0.25) is 0 Å². The van der Waals surface area contributed by atoms with E-state index in [0.29, 0.717) is 43.4 Å². The van der Waals surface area contributed by atoms with Crippen molar-refractivity contribution in [1.82, 2.24) is 4.57 Å². The zero-order chi connectivity index (χ0) is 28.3. The van der Waals surface area contributed by atoms with Gasteiger partial charge in [0.15, 0.2) is 16.3 Å². The third-order valence-electron chi connectivity index (χ3n) is 5.81. The van der Waals surface area contributed by atoms with E-state index in [-0.39, 0.29) is 17.7 Å². The van der Waals surface area contributed by atoms with Crippen LogP contribution in [0.5, 0.6) is 17.2 Å². The average molecular weight is 613 g/mol. The smallest absolute Gasteiger partial charge is 0.338 e. The fourth-order valence-corrected chi connectivity index (χ4v) is 5.57. The Kier molecular flexibility index (Phi) is 8.51. The van der Waals surface area contributed by atoms with Crippen LogP contribution in [0.3, 0.4) is 0 Å². The molecule has 11 heteroatoms. The van der Waals surface area contributed by atoms with Crippen LogP contribution in [-0.2, 0) is 14.3 Å². The fourth-order valence-electron chi connectivity index (χ4n) is 4.15. The summed E-state index contributed by atoms with van der Waals surface area (Å²) in [5.41, 5.74) is 1.37. The maximum atomic E-state index is 13.9. The number of esters is 2. The zero-order valence-electron chi connectivity index (χ0n) is 21.6. The van der Waals surface area contributed by atoms with E-state index in [0.717, 1.165) is 15.8 Å². The van der Waals surface area contributed by atoms with Gasteiger partial charge in [-0.05, 0) is 48.9 Å². The largest absolute Gasteiger partial charge is 0.493 e. The van der Waals surface area contributed by atoms with E-state index < -0.39 is 18.0 Å². The molecule has 1 aliphatic heterocycles. The Labute approximate surface area is 236 Å².